The van der Waals surface area contributed by atoms with Crippen molar-refractivity contribution in [3.05, 3.63) is 29.6 Å². The molecule has 3 nitrogen and oxygen atoms in total. The van der Waals surface area contributed by atoms with E-state index in [9.17, 15) is 9.50 Å². The fourth-order valence-corrected chi connectivity index (χ4v) is 1.84. The second kappa shape index (κ2) is 6.36. The molecular formula is C14H19FN2O. The van der Waals surface area contributed by atoms with Gasteiger partial charge < -0.3 is 10.0 Å². The second-order valence-corrected chi connectivity index (χ2v) is 4.58. The van der Waals surface area contributed by atoms with Crippen LogP contribution in [0.15, 0.2) is 18.2 Å². The van der Waals surface area contributed by atoms with E-state index >= 15 is 0 Å². The van der Waals surface area contributed by atoms with Crippen LogP contribution in [-0.2, 0) is 0 Å². The number of halogens is 1. The van der Waals surface area contributed by atoms with Gasteiger partial charge in [-0.05, 0) is 38.5 Å². The van der Waals surface area contributed by atoms with Crippen LogP contribution in [0, 0.1) is 17.1 Å². The third kappa shape index (κ3) is 3.44. The van der Waals surface area contributed by atoms with Crippen molar-refractivity contribution >= 4 is 5.69 Å². The first-order valence-electron chi connectivity index (χ1n) is 6.08. The van der Waals surface area contributed by atoms with Gasteiger partial charge in [0.2, 0.25) is 0 Å². The second-order valence-electron chi connectivity index (χ2n) is 4.58. The SMILES string of the molecule is CC(C)N(CCC#N)c1ccc([C@H](C)O)cc1F. The normalized spacial score (nSPS) is 12.3. The van der Waals surface area contributed by atoms with Gasteiger partial charge in [0.05, 0.1) is 24.3 Å². The van der Waals surface area contributed by atoms with E-state index in [1.807, 2.05) is 18.7 Å². The number of aliphatic hydroxyl groups excluding tert-OH is 1. The Balaban J connectivity index is 3.02. The van der Waals surface area contributed by atoms with Crippen LogP contribution in [0.1, 0.15) is 38.9 Å². The molecule has 0 unspecified atom stereocenters. The van der Waals surface area contributed by atoms with Gasteiger partial charge in [-0.1, -0.05) is 6.07 Å². The molecule has 0 amide bonds. The van der Waals surface area contributed by atoms with Crippen molar-refractivity contribution in [1.82, 2.24) is 0 Å². The molecule has 1 aromatic rings. The van der Waals surface area contributed by atoms with E-state index in [0.717, 1.165) is 0 Å². The lowest BCUT2D eigenvalue weighted by molar-refractivity contribution is 0.199. The Bertz CT molecular complexity index is 438. The van der Waals surface area contributed by atoms with Gasteiger partial charge in [-0.3, -0.25) is 0 Å². The zero-order valence-corrected chi connectivity index (χ0v) is 11.0. The van der Waals surface area contributed by atoms with Crippen LogP contribution in [0.25, 0.3) is 0 Å². The van der Waals surface area contributed by atoms with Crippen molar-refractivity contribution < 1.29 is 9.50 Å². The topological polar surface area (TPSA) is 47.3 Å². The van der Waals surface area contributed by atoms with Gasteiger partial charge in [0.25, 0.3) is 0 Å². The van der Waals surface area contributed by atoms with Crippen molar-refractivity contribution in [3.8, 4) is 6.07 Å². The third-order valence-corrected chi connectivity index (χ3v) is 2.85. The first kappa shape index (κ1) is 14.5. The number of hydrogen-bond acceptors (Lipinski definition) is 3. The Morgan fingerprint density at radius 3 is 2.50 bits per heavy atom. The van der Waals surface area contributed by atoms with Crippen LogP contribution in [0.2, 0.25) is 0 Å². The molecule has 1 aromatic carbocycles. The molecule has 0 bridgehead atoms. The zero-order chi connectivity index (χ0) is 13.7. The minimum Gasteiger partial charge on any atom is -0.389 e. The van der Waals surface area contributed by atoms with E-state index in [1.165, 1.54) is 6.07 Å². The van der Waals surface area contributed by atoms with E-state index < -0.39 is 6.10 Å². The number of anilines is 1. The highest BCUT2D eigenvalue weighted by molar-refractivity contribution is 5.50. The number of aliphatic hydroxyl groups is 1. The van der Waals surface area contributed by atoms with Gasteiger partial charge in [-0.2, -0.15) is 5.26 Å². The zero-order valence-electron chi connectivity index (χ0n) is 11.0. The minimum atomic E-state index is -0.680. The smallest absolute Gasteiger partial charge is 0.146 e. The molecule has 0 radical (unpaired) electrons. The highest BCUT2D eigenvalue weighted by Crippen LogP contribution is 2.25. The van der Waals surface area contributed by atoms with Crippen LogP contribution in [-0.4, -0.2) is 17.7 Å². The standard InChI is InChI=1S/C14H19FN2O/c1-10(2)17(8-4-7-16)14-6-5-12(11(3)18)9-13(14)15/h5-6,9-11,18H,4,8H2,1-3H3/t11-/m0/s1. The number of hydrogen-bond donors (Lipinski definition) is 1. The first-order valence-corrected chi connectivity index (χ1v) is 6.08. The molecule has 1 N–H and O–H groups in total. The van der Waals surface area contributed by atoms with Gasteiger partial charge in [0, 0.05) is 12.6 Å². The Morgan fingerprint density at radius 1 is 1.39 bits per heavy atom. The molecule has 18 heavy (non-hydrogen) atoms. The largest absolute Gasteiger partial charge is 0.389 e. The molecule has 0 fully saturated rings. The lowest BCUT2D eigenvalue weighted by atomic mass is 10.1. The maximum atomic E-state index is 14.0. The van der Waals surface area contributed by atoms with E-state index in [1.54, 1.807) is 19.1 Å². The summed E-state index contributed by atoms with van der Waals surface area (Å²) in [7, 11) is 0. The number of rotatable bonds is 5. The van der Waals surface area contributed by atoms with Crippen molar-refractivity contribution in [2.24, 2.45) is 0 Å². The minimum absolute atomic E-state index is 0.116. The van der Waals surface area contributed by atoms with E-state index in [4.69, 9.17) is 5.26 Å². The van der Waals surface area contributed by atoms with Gasteiger partial charge in [-0.25, -0.2) is 4.39 Å². The lowest BCUT2D eigenvalue weighted by Gasteiger charge is -2.28. The summed E-state index contributed by atoms with van der Waals surface area (Å²) in [6, 6.07) is 6.91. The van der Waals surface area contributed by atoms with Crippen LogP contribution in [0.3, 0.4) is 0 Å². The Morgan fingerprint density at radius 2 is 2.06 bits per heavy atom. The fraction of sp³-hybridized carbons (Fsp3) is 0.500. The third-order valence-electron chi connectivity index (χ3n) is 2.85. The first-order chi connectivity index (χ1) is 8.47. The summed E-state index contributed by atoms with van der Waals surface area (Å²) in [4.78, 5) is 1.85. The van der Waals surface area contributed by atoms with Crippen molar-refractivity contribution in [2.75, 3.05) is 11.4 Å². The predicted octanol–water partition coefficient (Wildman–Crippen LogP) is 3.01. The summed E-state index contributed by atoms with van der Waals surface area (Å²) in [6.45, 7) is 6.02. The molecule has 1 rings (SSSR count). The Kier molecular flexibility index (Phi) is 5.11. The molecule has 0 saturated carbocycles. The molecule has 0 aliphatic rings. The molecule has 0 saturated heterocycles. The van der Waals surface area contributed by atoms with Crippen molar-refractivity contribution in [1.29, 1.82) is 5.26 Å². The van der Waals surface area contributed by atoms with Crippen LogP contribution in [0.4, 0.5) is 10.1 Å². The average Bonchev–Trinajstić information content (AvgIpc) is 2.30. The number of nitrogens with zero attached hydrogens (tertiary/aromatic N) is 2. The summed E-state index contributed by atoms with van der Waals surface area (Å²) < 4.78 is 14.0. The van der Waals surface area contributed by atoms with E-state index in [-0.39, 0.29) is 11.9 Å². The van der Waals surface area contributed by atoms with Crippen LogP contribution < -0.4 is 4.90 Å². The van der Waals surface area contributed by atoms with Gasteiger partial charge >= 0.3 is 0 Å². The predicted molar refractivity (Wildman–Crippen MR) is 69.7 cm³/mol. The quantitative estimate of drug-likeness (QED) is 0.873. The van der Waals surface area contributed by atoms with Crippen LogP contribution >= 0.6 is 0 Å². The number of nitriles is 1. The molecule has 98 valence electrons. The summed E-state index contributed by atoms with van der Waals surface area (Å²) >= 11 is 0. The number of benzene rings is 1. The Labute approximate surface area is 107 Å². The van der Waals surface area contributed by atoms with Crippen LogP contribution in [0.5, 0.6) is 0 Å². The van der Waals surface area contributed by atoms with Gasteiger partial charge in [0.15, 0.2) is 0 Å². The maximum absolute atomic E-state index is 14.0. The summed E-state index contributed by atoms with van der Waals surface area (Å²) in [5, 5.41) is 18.0. The molecule has 0 heterocycles. The highest BCUT2D eigenvalue weighted by Gasteiger charge is 2.15. The highest BCUT2D eigenvalue weighted by atomic mass is 19.1. The summed E-state index contributed by atoms with van der Waals surface area (Å²) in [6.07, 6.45) is -0.323. The molecule has 4 heteroatoms. The summed E-state index contributed by atoms with van der Waals surface area (Å²) in [5.41, 5.74) is 1.03. The molecule has 0 aliphatic heterocycles. The molecular weight excluding hydrogens is 231 g/mol. The summed E-state index contributed by atoms with van der Waals surface area (Å²) in [5.74, 6) is -0.361. The molecule has 0 aromatic heterocycles. The average molecular weight is 250 g/mol. The Hall–Kier alpha value is -1.60. The van der Waals surface area contributed by atoms with Crippen molar-refractivity contribution in [2.45, 2.75) is 39.3 Å². The molecule has 0 spiro atoms. The molecule has 1 atom stereocenters. The fourth-order valence-electron chi connectivity index (χ4n) is 1.84. The van der Waals surface area contributed by atoms with E-state index in [0.29, 0.717) is 24.2 Å². The monoisotopic (exact) mass is 250 g/mol. The lowest BCUT2D eigenvalue weighted by Crippen LogP contribution is -2.32. The maximum Gasteiger partial charge on any atom is 0.146 e. The molecule has 0 aliphatic carbocycles. The van der Waals surface area contributed by atoms with Crippen molar-refractivity contribution in [3.63, 3.8) is 0 Å². The van der Waals surface area contributed by atoms with E-state index in [2.05, 4.69) is 6.07 Å². The van der Waals surface area contributed by atoms with Gasteiger partial charge in [-0.15, -0.1) is 0 Å². The van der Waals surface area contributed by atoms with Gasteiger partial charge in [0.1, 0.15) is 5.82 Å².